The third-order valence-corrected chi connectivity index (χ3v) is 3.18. The van der Waals surface area contributed by atoms with E-state index in [-0.39, 0.29) is 30.9 Å². The van der Waals surface area contributed by atoms with Crippen LogP contribution in [0.3, 0.4) is 0 Å². The highest BCUT2D eigenvalue weighted by Gasteiger charge is 2.34. The van der Waals surface area contributed by atoms with E-state index < -0.39 is 11.7 Å². The van der Waals surface area contributed by atoms with Gasteiger partial charge in [-0.1, -0.05) is 15.9 Å². The van der Waals surface area contributed by atoms with Crippen molar-refractivity contribution in [1.82, 2.24) is 5.32 Å². The van der Waals surface area contributed by atoms with E-state index >= 15 is 0 Å². The minimum atomic E-state index is -4.49. The van der Waals surface area contributed by atoms with Crippen LogP contribution in [-0.2, 0) is 10.9 Å². The number of nitrogens with two attached hydrogens (primary N) is 1. The second-order valence-electron chi connectivity index (χ2n) is 4.75. The summed E-state index contributed by atoms with van der Waals surface area (Å²) in [5, 5.41) is 2.88. The number of halogens is 4. The third-order valence-electron chi connectivity index (χ3n) is 2.69. The Morgan fingerprint density at radius 2 is 2.13 bits per heavy atom. The number of guanidine groups is 1. The predicted molar refractivity (Wildman–Crippen MR) is 85.6 cm³/mol. The Morgan fingerprint density at radius 1 is 1.43 bits per heavy atom. The molecule has 0 saturated carbocycles. The van der Waals surface area contributed by atoms with E-state index in [0.717, 1.165) is 6.07 Å². The number of ether oxygens (including phenoxy) is 2. The van der Waals surface area contributed by atoms with Crippen LogP contribution in [0.4, 0.5) is 13.2 Å². The van der Waals surface area contributed by atoms with E-state index in [2.05, 4.69) is 26.2 Å². The van der Waals surface area contributed by atoms with Crippen LogP contribution in [-0.4, -0.2) is 38.9 Å². The number of hydrogen-bond donors (Lipinski definition) is 2. The molecule has 0 amide bonds. The van der Waals surface area contributed by atoms with Crippen molar-refractivity contribution in [2.75, 3.05) is 26.9 Å². The maximum absolute atomic E-state index is 12.9. The van der Waals surface area contributed by atoms with Crippen molar-refractivity contribution in [3.8, 4) is 5.75 Å². The molecule has 1 aromatic rings. The second-order valence-corrected chi connectivity index (χ2v) is 5.67. The fraction of sp³-hybridized carbons (Fsp3) is 0.500. The summed E-state index contributed by atoms with van der Waals surface area (Å²) in [6.45, 7) is 2.43. The molecule has 0 aromatic heterocycles. The van der Waals surface area contributed by atoms with Crippen molar-refractivity contribution >= 4 is 21.9 Å². The van der Waals surface area contributed by atoms with Crippen molar-refractivity contribution in [3.05, 3.63) is 28.2 Å². The van der Waals surface area contributed by atoms with Gasteiger partial charge in [-0.05, 0) is 25.1 Å². The molecule has 9 heteroatoms. The number of rotatable bonds is 7. The second kappa shape index (κ2) is 8.97. The molecule has 0 heterocycles. The summed E-state index contributed by atoms with van der Waals surface area (Å²) < 4.78 is 49.2. The maximum Gasteiger partial charge on any atom is 0.420 e. The van der Waals surface area contributed by atoms with Crippen LogP contribution < -0.4 is 15.8 Å². The Hall–Kier alpha value is -1.48. The number of alkyl halides is 3. The smallest absolute Gasteiger partial charge is 0.420 e. The molecule has 0 bridgehead atoms. The van der Waals surface area contributed by atoms with Crippen LogP contribution in [0.2, 0.25) is 0 Å². The summed E-state index contributed by atoms with van der Waals surface area (Å²) in [5.74, 6) is -0.0554. The zero-order valence-electron chi connectivity index (χ0n) is 12.8. The maximum atomic E-state index is 12.9. The van der Waals surface area contributed by atoms with E-state index in [1.807, 2.05) is 6.92 Å². The van der Waals surface area contributed by atoms with Crippen molar-refractivity contribution < 1.29 is 22.6 Å². The third kappa shape index (κ3) is 7.08. The largest absolute Gasteiger partial charge is 0.491 e. The van der Waals surface area contributed by atoms with Gasteiger partial charge in [0.1, 0.15) is 12.4 Å². The zero-order valence-corrected chi connectivity index (χ0v) is 14.4. The number of nitrogens with zero attached hydrogens (tertiary/aromatic N) is 1. The van der Waals surface area contributed by atoms with E-state index in [1.165, 1.54) is 12.1 Å². The van der Waals surface area contributed by atoms with E-state index in [1.54, 1.807) is 7.11 Å². The molecule has 0 aliphatic carbocycles. The summed E-state index contributed by atoms with van der Waals surface area (Å²) >= 11 is 3.01. The Balaban J connectivity index is 2.56. The van der Waals surface area contributed by atoms with Gasteiger partial charge in [-0.3, -0.25) is 0 Å². The fourth-order valence-electron chi connectivity index (χ4n) is 1.76. The SMILES string of the molecule is COCC(C)NC(N)=NCCOc1ccc(Br)cc1C(F)(F)F. The van der Waals surface area contributed by atoms with Gasteiger partial charge in [-0.15, -0.1) is 0 Å². The van der Waals surface area contributed by atoms with E-state index in [4.69, 9.17) is 15.2 Å². The fourth-order valence-corrected chi connectivity index (χ4v) is 2.12. The zero-order chi connectivity index (χ0) is 17.5. The average molecular weight is 398 g/mol. The number of methoxy groups -OCH3 is 1. The summed E-state index contributed by atoms with van der Waals surface area (Å²) in [6, 6.07) is 3.70. The molecular formula is C14H19BrF3N3O2. The van der Waals surface area contributed by atoms with E-state index in [9.17, 15) is 13.2 Å². The quantitative estimate of drug-likeness (QED) is 0.421. The van der Waals surface area contributed by atoms with Gasteiger partial charge in [0, 0.05) is 17.6 Å². The minimum Gasteiger partial charge on any atom is -0.491 e. The Labute approximate surface area is 141 Å². The van der Waals surface area contributed by atoms with Gasteiger partial charge < -0.3 is 20.5 Å². The molecule has 1 rings (SSSR count). The lowest BCUT2D eigenvalue weighted by Gasteiger charge is -2.15. The molecule has 1 unspecified atom stereocenters. The van der Waals surface area contributed by atoms with Crippen LogP contribution in [0.15, 0.2) is 27.7 Å². The summed E-state index contributed by atoms with van der Waals surface area (Å²) in [6.07, 6.45) is -4.49. The molecule has 5 nitrogen and oxygen atoms in total. The lowest BCUT2D eigenvalue weighted by Crippen LogP contribution is -2.40. The number of nitrogens with one attached hydrogen (secondary N) is 1. The lowest BCUT2D eigenvalue weighted by atomic mass is 10.2. The van der Waals surface area contributed by atoms with Crippen LogP contribution >= 0.6 is 15.9 Å². The highest BCUT2D eigenvalue weighted by atomic mass is 79.9. The first kappa shape index (κ1) is 19.6. The molecule has 130 valence electrons. The van der Waals surface area contributed by atoms with Crippen LogP contribution in [0.1, 0.15) is 12.5 Å². The van der Waals surface area contributed by atoms with Gasteiger partial charge in [0.2, 0.25) is 0 Å². The number of aliphatic imine (C=N–C) groups is 1. The first-order valence-electron chi connectivity index (χ1n) is 6.79. The summed E-state index contributed by atoms with van der Waals surface area (Å²) in [4.78, 5) is 3.98. The van der Waals surface area contributed by atoms with Gasteiger partial charge in [0.15, 0.2) is 5.96 Å². The standard InChI is InChI=1S/C14H19BrF3N3O2/c1-9(8-22-2)21-13(19)20-5-6-23-12-4-3-10(15)7-11(12)14(16,17)18/h3-4,7,9H,5-6,8H2,1-2H3,(H3,19,20,21). The summed E-state index contributed by atoms with van der Waals surface area (Å²) in [7, 11) is 1.57. The molecule has 0 aliphatic rings. The Kier molecular flexibility index (Phi) is 7.63. The first-order chi connectivity index (χ1) is 10.7. The summed E-state index contributed by atoms with van der Waals surface area (Å²) in [5.41, 5.74) is 4.81. The predicted octanol–water partition coefficient (Wildman–Crippen LogP) is 2.79. The van der Waals surface area contributed by atoms with Gasteiger partial charge >= 0.3 is 6.18 Å². The normalized spacial score (nSPS) is 13.7. The topological polar surface area (TPSA) is 68.9 Å². The highest BCUT2D eigenvalue weighted by molar-refractivity contribution is 9.10. The minimum absolute atomic E-state index is 0.0204. The van der Waals surface area contributed by atoms with Crippen molar-refractivity contribution in [3.63, 3.8) is 0 Å². The monoisotopic (exact) mass is 397 g/mol. The van der Waals surface area contributed by atoms with Gasteiger partial charge in [0.25, 0.3) is 0 Å². The van der Waals surface area contributed by atoms with Crippen molar-refractivity contribution in [2.24, 2.45) is 10.7 Å². The van der Waals surface area contributed by atoms with E-state index in [0.29, 0.717) is 11.1 Å². The van der Waals surface area contributed by atoms with Gasteiger partial charge in [0.05, 0.1) is 18.7 Å². The molecule has 23 heavy (non-hydrogen) atoms. The molecule has 1 atom stereocenters. The molecule has 3 N–H and O–H groups in total. The van der Waals surface area contributed by atoms with Gasteiger partial charge in [-0.2, -0.15) is 13.2 Å². The molecule has 0 fully saturated rings. The first-order valence-corrected chi connectivity index (χ1v) is 7.58. The molecule has 0 aliphatic heterocycles. The number of hydrogen-bond acceptors (Lipinski definition) is 3. The Morgan fingerprint density at radius 3 is 2.74 bits per heavy atom. The molecule has 0 radical (unpaired) electrons. The molecule has 0 spiro atoms. The molecule has 0 saturated heterocycles. The van der Waals surface area contributed by atoms with Crippen molar-refractivity contribution in [1.29, 1.82) is 0 Å². The molecular weight excluding hydrogens is 379 g/mol. The molecule has 1 aromatic carbocycles. The van der Waals surface area contributed by atoms with Crippen LogP contribution in [0.25, 0.3) is 0 Å². The van der Waals surface area contributed by atoms with Crippen LogP contribution in [0.5, 0.6) is 5.75 Å². The lowest BCUT2D eigenvalue weighted by molar-refractivity contribution is -0.139. The number of benzene rings is 1. The average Bonchev–Trinajstić information content (AvgIpc) is 2.44. The van der Waals surface area contributed by atoms with Crippen LogP contribution in [0, 0.1) is 0 Å². The van der Waals surface area contributed by atoms with Gasteiger partial charge in [-0.25, -0.2) is 4.99 Å². The Bertz CT molecular complexity index is 538. The van der Waals surface area contributed by atoms with Crippen molar-refractivity contribution in [2.45, 2.75) is 19.1 Å². The highest BCUT2D eigenvalue weighted by Crippen LogP contribution is 2.37.